The van der Waals surface area contributed by atoms with Gasteiger partial charge in [-0.05, 0) is 54.0 Å². The Morgan fingerprint density at radius 1 is 1.25 bits per heavy atom. The molecule has 120 valence electrons. The molecule has 0 radical (unpaired) electrons. The standard InChI is InChI=1S/C16H34N2O2/c1-8-14(6)18(9-2)12-11-16(7,17-13(4)5)15(19)20-10-3/h13-14,17H,8-12H2,1-7H3. The van der Waals surface area contributed by atoms with Crippen molar-refractivity contribution in [2.75, 3.05) is 19.7 Å². The number of esters is 1. The highest BCUT2D eigenvalue weighted by Crippen LogP contribution is 2.16. The Balaban J connectivity index is 4.76. The number of carbonyl (C=O) groups is 1. The van der Waals surface area contributed by atoms with E-state index in [4.69, 9.17) is 4.74 Å². The summed E-state index contributed by atoms with van der Waals surface area (Å²) in [5.41, 5.74) is -0.606. The van der Waals surface area contributed by atoms with Gasteiger partial charge in [0.25, 0.3) is 0 Å². The van der Waals surface area contributed by atoms with E-state index in [2.05, 4.69) is 44.8 Å². The first-order chi connectivity index (χ1) is 9.30. The van der Waals surface area contributed by atoms with Crippen molar-refractivity contribution in [3.63, 3.8) is 0 Å². The van der Waals surface area contributed by atoms with Crippen molar-refractivity contribution in [1.82, 2.24) is 10.2 Å². The van der Waals surface area contributed by atoms with Crippen LogP contribution in [0.3, 0.4) is 0 Å². The number of nitrogens with zero attached hydrogens (tertiary/aromatic N) is 1. The third kappa shape index (κ3) is 6.23. The molecule has 0 saturated heterocycles. The van der Waals surface area contributed by atoms with Crippen molar-refractivity contribution >= 4 is 5.97 Å². The summed E-state index contributed by atoms with van der Waals surface area (Å²) in [4.78, 5) is 14.7. The second-order valence-electron chi connectivity index (χ2n) is 5.99. The molecule has 20 heavy (non-hydrogen) atoms. The van der Waals surface area contributed by atoms with Crippen molar-refractivity contribution in [3.8, 4) is 0 Å². The zero-order valence-electron chi connectivity index (χ0n) is 14.5. The second-order valence-corrected chi connectivity index (χ2v) is 5.99. The Kier molecular flexibility index (Phi) is 9.06. The van der Waals surface area contributed by atoms with Gasteiger partial charge in [-0.25, -0.2) is 0 Å². The quantitative estimate of drug-likeness (QED) is 0.627. The lowest BCUT2D eigenvalue weighted by Gasteiger charge is -2.34. The van der Waals surface area contributed by atoms with Crippen molar-refractivity contribution < 1.29 is 9.53 Å². The summed E-state index contributed by atoms with van der Waals surface area (Å²) in [6, 6.07) is 0.800. The molecule has 2 atom stereocenters. The topological polar surface area (TPSA) is 41.6 Å². The van der Waals surface area contributed by atoms with Gasteiger partial charge < -0.3 is 9.64 Å². The molecule has 0 bridgehead atoms. The average Bonchev–Trinajstić information content (AvgIpc) is 2.38. The predicted molar refractivity (Wildman–Crippen MR) is 84.9 cm³/mol. The van der Waals surface area contributed by atoms with Crippen LogP contribution in [-0.4, -0.2) is 48.2 Å². The second kappa shape index (κ2) is 9.35. The van der Waals surface area contributed by atoms with Crippen LogP contribution in [-0.2, 0) is 9.53 Å². The molecular weight excluding hydrogens is 252 g/mol. The first-order valence-electron chi connectivity index (χ1n) is 7.99. The van der Waals surface area contributed by atoms with Gasteiger partial charge in [-0.1, -0.05) is 13.8 Å². The number of rotatable bonds is 10. The van der Waals surface area contributed by atoms with E-state index in [0.29, 0.717) is 12.6 Å². The van der Waals surface area contributed by atoms with E-state index in [9.17, 15) is 4.79 Å². The van der Waals surface area contributed by atoms with Crippen LogP contribution >= 0.6 is 0 Å². The number of carbonyl (C=O) groups excluding carboxylic acids is 1. The zero-order valence-corrected chi connectivity index (χ0v) is 14.5. The lowest BCUT2D eigenvalue weighted by Crippen LogP contribution is -2.55. The smallest absolute Gasteiger partial charge is 0.326 e. The maximum absolute atomic E-state index is 12.2. The van der Waals surface area contributed by atoms with Crippen molar-refractivity contribution in [3.05, 3.63) is 0 Å². The van der Waals surface area contributed by atoms with E-state index in [1.807, 2.05) is 13.8 Å². The summed E-state index contributed by atoms with van der Waals surface area (Å²) >= 11 is 0. The molecule has 0 aliphatic heterocycles. The molecule has 0 aromatic rings. The molecule has 2 unspecified atom stereocenters. The van der Waals surface area contributed by atoms with Gasteiger partial charge >= 0.3 is 5.97 Å². The summed E-state index contributed by atoms with van der Waals surface area (Å²) in [5, 5.41) is 3.38. The highest BCUT2D eigenvalue weighted by Gasteiger charge is 2.35. The van der Waals surface area contributed by atoms with Gasteiger partial charge in [0, 0.05) is 18.6 Å². The molecule has 0 fully saturated rings. The SMILES string of the molecule is CCOC(=O)C(C)(CCN(CC)C(C)CC)NC(C)C. The molecule has 0 aromatic heterocycles. The largest absolute Gasteiger partial charge is 0.465 e. The van der Waals surface area contributed by atoms with Gasteiger partial charge in [0.15, 0.2) is 0 Å². The van der Waals surface area contributed by atoms with Crippen LogP contribution < -0.4 is 5.32 Å². The van der Waals surface area contributed by atoms with E-state index < -0.39 is 5.54 Å². The lowest BCUT2D eigenvalue weighted by molar-refractivity contribution is -0.151. The monoisotopic (exact) mass is 286 g/mol. The minimum absolute atomic E-state index is 0.145. The number of nitrogens with one attached hydrogen (secondary N) is 1. The lowest BCUT2D eigenvalue weighted by atomic mass is 9.96. The van der Waals surface area contributed by atoms with Crippen molar-refractivity contribution in [2.45, 2.75) is 78.9 Å². The van der Waals surface area contributed by atoms with E-state index in [0.717, 1.165) is 25.9 Å². The summed E-state index contributed by atoms with van der Waals surface area (Å²) in [6.07, 6.45) is 1.89. The van der Waals surface area contributed by atoms with Crippen molar-refractivity contribution in [1.29, 1.82) is 0 Å². The van der Waals surface area contributed by atoms with Gasteiger partial charge in [0.2, 0.25) is 0 Å². The third-order valence-corrected chi connectivity index (χ3v) is 3.85. The fourth-order valence-electron chi connectivity index (χ4n) is 2.48. The Morgan fingerprint density at radius 2 is 1.85 bits per heavy atom. The number of hydrogen-bond acceptors (Lipinski definition) is 4. The molecule has 0 aromatic carbocycles. The van der Waals surface area contributed by atoms with Crippen LogP contribution in [0.2, 0.25) is 0 Å². The van der Waals surface area contributed by atoms with E-state index in [-0.39, 0.29) is 12.0 Å². The molecule has 0 saturated carbocycles. The number of ether oxygens (including phenoxy) is 1. The van der Waals surface area contributed by atoms with Crippen LogP contribution in [0.5, 0.6) is 0 Å². The van der Waals surface area contributed by atoms with Crippen LogP contribution in [0, 0.1) is 0 Å². The Hall–Kier alpha value is -0.610. The molecule has 4 heteroatoms. The maximum atomic E-state index is 12.2. The van der Waals surface area contributed by atoms with Crippen LogP contribution in [0.1, 0.15) is 61.3 Å². The molecule has 0 amide bonds. The molecule has 0 rings (SSSR count). The highest BCUT2D eigenvalue weighted by molar-refractivity contribution is 5.80. The molecule has 1 N–H and O–H groups in total. The fraction of sp³-hybridized carbons (Fsp3) is 0.938. The summed E-state index contributed by atoms with van der Waals surface area (Å²) in [7, 11) is 0. The first kappa shape index (κ1) is 19.4. The third-order valence-electron chi connectivity index (χ3n) is 3.85. The molecule has 4 nitrogen and oxygen atoms in total. The minimum Gasteiger partial charge on any atom is -0.465 e. The number of hydrogen-bond donors (Lipinski definition) is 1. The summed E-state index contributed by atoms with van der Waals surface area (Å²) < 4.78 is 5.24. The van der Waals surface area contributed by atoms with Gasteiger partial charge in [-0.3, -0.25) is 10.1 Å². The summed E-state index contributed by atoms with van der Waals surface area (Å²) in [5.74, 6) is -0.145. The van der Waals surface area contributed by atoms with E-state index in [1.165, 1.54) is 0 Å². The minimum atomic E-state index is -0.606. The zero-order chi connectivity index (χ0) is 15.8. The van der Waals surface area contributed by atoms with E-state index >= 15 is 0 Å². The molecular formula is C16H34N2O2. The molecule has 0 heterocycles. The van der Waals surface area contributed by atoms with E-state index in [1.54, 1.807) is 0 Å². The Labute approximate surface area is 125 Å². The first-order valence-corrected chi connectivity index (χ1v) is 7.99. The Morgan fingerprint density at radius 3 is 2.25 bits per heavy atom. The van der Waals surface area contributed by atoms with Crippen LogP contribution in [0.15, 0.2) is 0 Å². The summed E-state index contributed by atoms with van der Waals surface area (Å²) in [6.45, 7) is 16.9. The van der Waals surface area contributed by atoms with Gasteiger partial charge in [-0.2, -0.15) is 0 Å². The molecule has 0 aliphatic rings. The van der Waals surface area contributed by atoms with Gasteiger partial charge in [0.1, 0.15) is 5.54 Å². The fourth-order valence-corrected chi connectivity index (χ4v) is 2.48. The van der Waals surface area contributed by atoms with Crippen LogP contribution in [0.4, 0.5) is 0 Å². The predicted octanol–water partition coefficient (Wildman–Crippen LogP) is 2.82. The van der Waals surface area contributed by atoms with Crippen molar-refractivity contribution in [2.24, 2.45) is 0 Å². The van der Waals surface area contributed by atoms with Gasteiger partial charge in [-0.15, -0.1) is 0 Å². The maximum Gasteiger partial charge on any atom is 0.326 e. The van der Waals surface area contributed by atoms with Crippen LogP contribution in [0.25, 0.3) is 0 Å². The Bertz CT molecular complexity index is 282. The average molecular weight is 286 g/mol. The molecule has 0 spiro atoms. The van der Waals surface area contributed by atoms with Gasteiger partial charge in [0.05, 0.1) is 6.61 Å². The molecule has 0 aliphatic carbocycles. The highest BCUT2D eigenvalue weighted by atomic mass is 16.5. The normalized spacial score (nSPS) is 16.2.